The Morgan fingerprint density at radius 1 is 1.33 bits per heavy atom. The molecule has 2 aromatic heterocycles. The summed E-state index contributed by atoms with van der Waals surface area (Å²) in [5.41, 5.74) is 4.88. The fourth-order valence-electron chi connectivity index (χ4n) is 3.46. The van der Waals surface area contributed by atoms with E-state index >= 15 is 0 Å². The number of halogens is 2. The monoisotopic (exact) mass is 495 g/mol. The lowest BCUT2D eigenvalue weighted by atomic mass is 10.1. The smallest absolute Gasteiger partial charge is 0.217 e. The summed E-state index contributed by atoms with van der Waals surface area (Å²) in [7, 11) is 0. The van der Waals surface area contributed by atoms with Crippen molar-refractivity contribution in [1.29, 1.82) is 0 Å². The second-order valence-electron chi connectivity index (χ2n) is 6.84. The minimum absolute atomic E-state index is 0.00299. The van der Waals surface area contributed by atoms with E-state index in [2.05, 4.69) is 69.1 Å². The highest BCUT2D eigenvalue weighted by atomic mass is 127. The number of hydrogen-bond donors (Lipinski definition) is 1. The standard InChI is InChI=1S/C19H19ClIN5O/c1-11-3-5-13(6-4-11)17-18(21)26-19(23-17)15(9-16(20)24-26)25-8-7-14(10-25)22-12(2)27/h3-6,9,14H,7-8,10H2,1-2H3,(H,22,27)/t14-/m1/s1. The number of carbonyl (C=O) groups excluding carboxylic acids is 1. The summed E-state index contributed by atoms with van der Waals surface area (Å²) in [6.07, 6.45) is 0.897. The fourth-order valence-corrected chi connectivity index (χ4v) is 4.41. The van der Waals surface area contributed by atoms with E-state index in [1.165, 1.54) is 5.56 Å². The highest BCUT2D eigenvalue weighted by Gasteiger charge is 2.27. The first-order valence-corrected chi connectivity index (χ1v) is 10.2. The van der Waals surface area contributed by atoms with Crippen molar-refractivity contribution in [3.05, 3.63) is 44.7 Å². The number of amides is 1. The van der Waals surface area contributed by atoms with Gasteiger partial charge in [-0.2, -0.15) is 5.10 Å². The van der Waals surface area contributed by atoms with Crippen LogP contribution in [-0.4, -0.2) is 39.6 Å². The normalized spacial score (nSPS) is 16.9. The first kappa shape index (κ1) is 18.5. The van der Waals surface area contributed by atoms with E-state index < -0.39 is 0 Å². The first-order chi connectivity index (χ1) is 12.9. The maximum atomic E-state index is 11.4. The quantitative estimate of drug-likeness (QED) is 0.563. The Bertz CT molecular complexity index is 1020. The van der Waals surface area contributed by atoms with Gasteiger partial charge in [0, 0.05) is 37.7 Å². The van der Waals surface area contributed by atoms with E-state index in [0.29, 0.717) is 5.15 Å². The average molecular weight is 496 g/mol. The summed E-state index contributed by atoms with van der Waals surface area (Å²) in [6.45, 7) is 5.19. The van der Waals surface area contributed by atoms with Crippen molar-refractivity contribution in [2.24, 2.45) is 0 Å². The number of anilines is 1. The van der Waals surface area contributed by atoms with Crippen LogP contribution in [0.25, 0.3) is 16.9 Å². The molecule has 4 rings (SSSR count). The predicted octanol–water partition coefficient (Wildman–Crippen LogP) is 3.68. The van der Waals surface area contributed by atoms with Crippen LogP contribution in [0.1, 0.15) is 18.9 Å². The number of nitrogens with zero attached hydrogens (tertiary/aromatic N) is 4. The summed E-state index contributed by atoms with van der Waals surface area (Å²) < 4.78 is 2.73. The van der Waals surface area contributed by atoms with Gasteiger partial charge in [-0.3, -0.25) is 4.79 Å². The third-order valence-electron chi connectivity index (χ3n) is 4.74. The van der Waals surface area contributed by atoms with E-state index in [0.717, 1.165) is 45.8 Å². The van der Waals surface area contributed by atoms with E-state index in [9.17, 15) is 4.79 Å². The molecule has 1 atom stereocenters. The van der Waals surface area contributed by atoms with Crippen molar-refractivity contribution in [1.82, 2.24) is 19.9 Å². The van der Waals surface area contributed by atoms with Crippen LogP contribution >= 0.6 is 34.2 Å². The van der Waals surface area contributed by atoms with Gasteiger partial charge in [-0.05, 0) is 35.9 Å². The number of aromatic nitrogens is 3. The molecule has 3 aromatic rings. The number of imidazole rings is 1. The second-order valence-corrected chi connectivity index (χ2v) is 8.25. The Morgan fingerprint density at radius 2 is 2.07 bits per heavy atom. The number of carbonyl (C=O) groups is 1. The number of fused-ring (bicyclic) bond motifs is 1. The lowest BCUT2D eigenvalue weighted by Gasteiger charge is -2.19. The molecule has 1 fully saturated rings. The summed E-state index contributed by atoms with van der Waals surface area (Å²) in [5, 5.41) is 7.87. The Hall–Kier alpha value is -1.87. The van der Waals surface area contributed by atoms with Crippen LogP contribution in [0.15, 0.2) is 30.3 Å². The van der Waals surface area contributed by atoms with Crippen LogP contribution in [0.4, 0.5) is 5.69 Å². The topological polar surface area (TPSA) is 62.5 Å². The van der Waals surface area contributed by atoms with Gasteiger partial charge in [0.1, 0.15) is 9.39 Å². The van der Waals surface area contributed by atoms with E-state index in [1.54, 1.807) is 11.4 Å². The van der Waals surface area contributed by atoms with Gasteiger partial charge in [0.2, 0.25) is 5.91 Å². The lowest BCUT2D eigenvalue weighted by molar-refractivity contribution is -0.119. The number of aryl methyl sites for hydroxylation is 1. The zero-order valence-corrected chi connectivity index (χ0v) is 18.0. The average Bonchev–Trinajstić information content (AvgIpc) is 3.20. The van der Waals surface area contributed by atoms with Crippen molar-refractivity contribution < 1.29 is 4.79 Å². The van der Waals surface area contributed by atoms with Crippen molar-refractivity contribution in [3.8, 4) is 11.3 Å². The van der Waals surface area contributed by atoms with Crippen molar-refractivity contribution in [2.45, 2.75) is 26.3 Å². The molecule has 1 amide bonds. The van der Waals surface area contributed by atoms with Crippen LogP contribution in [0.3, 0.4) is 0 Å². The van der Waals surface area contributed by atoms with Gasteiger partial charge in [-0.15, -0.1) is 0 Å². The van der Waals surface area contributed by atoms with Gasteiger partial charge in [0.15, 0.2) is 10.8 Å². The fraction of sp³-hybridized carbons (Fsp3) is 0.316. The van der Waals surface area contributed by atoms with Gasteiger partial charge in [-0.1, -0.05) is 41.4 Å². The molecule has 3 heterocycles. The molecule has 1 saturated heterocycles. The molecular formula is C19H19ClIN5O. The molecular weight excluding hydrogens is 477 g/mol. The lowest BCUT2D eigenvalue weighted by Crippen LogP contribution is -2.35. The highest BCUT2D eigenvalue weighted by Crippen LogP contribution is 2.32. The molecule has 0 aliphatic carbocycles. The van der Waals surface area contributed by atoms with Crippen LogP contribution < -0.4 is 10.2 Å². The third kappa shape index (κ3) is 3.62. The predicted molar refractivity (Wildman–Crippen MR) is 115 cm³/mol. The molecule has 1 aromatic carbocycles. The Morgan fingerprint density at radius 3 is 2.78 bits per heavy atom. The largest absolute Gasteiger partial charge is 0.366 e. The zero-order chi connectivity index (χ0) is 19.1. The molecule has 0 bridgehead atoms. The van der Waals surface area contributed by atoms with E-state index in [1.807, 2.05) is 6.07 Å². The zero-order valence-electron chi connectivity index (χ0n) is 15.0. The molecule has 0 unspecified atom stereocenters. The molecule has 6 nitrogen and oxygen atoms in total. The summed E-state index contributed by atoms with van der Waals surface area (Å²) in [6, 6.07) is 10.3. The van der Waals surface area contributed by atoms with Gasteiger partial charge < -0.3 is 10.2 Å². The Kier molecular flexibility index (Phi) is 4.98. The summed E-state index contributed by atoms with van der Waals surface area (Å²) in [4.78, 5) is 18.5. The van der Waals surface area contributed by atoms with Crippen molar-refractivity contribution in [3.63, 3.8) is 0 Å². The van der Waals surface area contributed by atoms with Crippen molar-refractivity contribution >= 4 is 51.4 Å². The second kappa shape index (κ2) is 7.27. The van der Waals surface area contributed by atoms with Gasteiger partial charge in [0.05, 0.1) is 5.69 Å². The summed E-state index contributed by atoms with van der Waals surface area (Å²) in [5.74, 6) is -0.00299. The van der Waals surface area contributed by atoms with Crippen LogP contribution in [-0.2, 0) is 4.79 Å². The third-order valence-corrected chi connectivity index (χ3v) is 5.89. The van der Waals surface area contributed by atoms with Crippen LogP contribution in [0.2, 0.25) is 5.15 Å². The molecule has 1 aliphatic heterocycles. The number of rotatable bonds is 3. The van der Waals surface area contributed by atoms with Crippen LogP contribution in [0, 0.1) is 10.6 Å². The SMILES string of the molecule is CC(=O)N[C@@H]1CCN(c2cc(Cl)nn3c(I)c(-c4ccc(C)cc4)nc23)C1. The molecule has 8 heteroatoms. The molecule has 0 radical (unpaired) electrons. The first-order valence-electron chi connectivity index (χ1n) is 8.76. The Labute approximate surface area is 176 Å². The Balaban J connectivity index is 1.77. The maximum Gasteiger partial charge on any atom is 0.217 e. The number of benzene rings is 1. The molecule has 27 heavy (non-hydrogen) atoms. The number of nitrogens with one attached hydrogen (secondary N) is 1. The molecule has 0 saturated carbocycles. The molecule has 0 spiro atoms. The van der Waals surface area contributed by atoms with Gasteiger partial charge in [-0.25, -0.2) is 9.50 Å². The van der Waals surface area contributed by atoms with E-state index in [4.69, 9.17) is 16.6 Å². The molecule has 1 N–H and O–H groups in total. The van der Waals surface area contributed by atoms with Gasteiger partial charge >= 0.3 is 0 Å². The number of hydrogen-bond acceptors (Lipinski definition) is 4. The molecule has 140 valence electrons. The minimum Gasteiger partial charge on any atom is -0.366 e. The highest BCUT2D eigenvalue weighted by molar-refractivity contribution is 14.1. The van der Waals surface area contributed by atoms with E-state index in [-0.39, 0.29) is 11.9 Å². The van der Waals surface area contributed by atoms with Gasteiger partial charge in [0.25, 0.3) is 0 Å². The minimum atomic E-state index is -0.00299. The van der Waals surface area contributed by atoms with Crippen LogP contribution in [0.5, 0.6) is 0 Å². The molecule has 1 aliphatic rings. The summed E-state index contributed by atoms with van der Waals surface area (Å²) >= 11 is 8.58. The maximum absolute atomic E-state index is 11.4. The van der Waals surface area contributed by atoms with Crippen molar-refractivity contribution in [2.75, 3.05) is 18.0 Å².